The number of halogens is 3. The first-order chi connectivity index (χ1) is 9.82. The number of aromatic nitrogens is 1. The van der Waals surface area contributed by atoms with Crippen molar-refractivity contribution in [1.82, 2.24) is 15.2 Å². The zero-order chi connectivity index (χ0) is 15.6. The minimum absolute atomic E-state index is 0.0570. The first kappa shape index (κ1) is 15.4. The first-order valence-electron chi connectivity index (χ1n) is 6.17. The van der Waals surface area contributed by atoms with Crippen LogP contribution in [0.15, 0.2) is 18.3 Å². The Hall–Kier alpha value is -2.03. The van der Waals surface area contributed by atoms with E-state index in [2.05, 4.69) is 4.98 Å². The molecule has 0 spiro atoms. The monoisotopic (exact) mass is 304 g/mol. The normalized spacial score (nSPS) is 20.5. The maximum Gasteiger partial charge on any atom is 0.410 e. The van der Waals surface area contributed by atoms with Gasteiger partial charge in [0, 0.05) is 13.3 Å². The van der Waals surface area contributed by atoms with Crippen LogP contribution in [-0.4, -0.2) is 48.4 Å². The average molecular weight is 304 g/mol. The van der Waals surface area contributed by atoms with Crippen molar-refractivity contribution in [2.24, 2.45) is 0 Å². The molecule has 1 aliphatic rings. The van der Waals surface area contributed by atoms with Crippen LogP contribution in [0.25, 0.3) is 0 Å². The molecule has 0 aromatic carbocycles. The molecule has 0 aliphatic carbocycles. The number of methoxy groups -OCH3 is 1. The van der Waals surface area contributed by atoms with Crippen LogP contribution >= 0.6 is 0 Å². The number of hydrogen-bond donors (Lipinski definition) is 2. The molecule has 6 nitrogen and oxygen atoms in total. The van der Waals surface area contributed by atoms with Gasteiger partial charge >= 0.3 is 12.2 Å². The Bertz CT molecular complexity index is 523. The molecule has 2 atom stereocenters. The van der Waals surface area contributed by atoms with Crippen LogP contribution < -0.4 is 11.1 Å². The zero-order valence-electron chi connectivity index (χ0n) is 11.2. The van der Waals surface area contributed by atoms with Gasteiger partial charge in [0.25, 0.3) is 0 Å². The van der Waals surface area contributed by atoms with Gasteiger partial charge in [0.2, 0.25) is 0 Å². The number of rotatable bonds is 4. The number of hydrogen-bond acceptors (Lipinski definition) is 4. The molecule has 1 aliphatic heterocycles. The summed E-state index contributed by atoms with van der Waals surface area (Å²) >= 11 is 0. The summed E-state index contributed by atoms with van der Waals surface area (Å²) in [6.45, 7) is -0.417. The molecular formula is C12H15F3N4O2. The number of nitrogens with two attached hydrogens (primary N) is 1. The fraction of sp³-hybridized carbons (Fsp3) is 0.500. The number of nitrogen functional groups attached to an aromatic ring is 1. The number of nitrogens with zero attached hydrogens (tertiary/aromatic N) is 2. The molecule has 0 saturated carbocycles. The van der Waals surface area contributed by atoms with E-state index in [-0.39, 0.29) is 12.4 Å². The molecule has 1 saturated heterocycles. The summed E-state index contributed by atoms with van der Waals surface area (Å²) in [4.78, 5) is 16.7. The van der Waals surface area contributed by atoms with Crippen LogP contribution in [0.2, 0.25) is 0 Å². The molecule has 1 aromatic rings. The smallest absolute Gasteiger partial charge is 0.384 e. The van der Waals surface area contributed by atoms with Gasteiger partial charge in [-0.1, -0.05) is 0 Å². The van der Waals surface area contributed by atoms with Crippen LogP contribution in [0.1, 0.15) is 11.6 Å². The number of anilines is 1. The van der Waals surface area contributed by atoms with Crippen molar-refractivity contribution >= 4 is 11.8 Å². The summed E-state index contributed by atoms with van der Waals surface area (Å²) in [5, 5.41) is 1.93. The Morgan fingerprint density at radius 2 is 2.33 bits per heavy atom. The van der Waals surface area contributed by atoms with Crippen molar-refractivity contribution in [2.75, 3.05) is 26.0 Å². The topological polar surface area (TPSA) is 80.5 Å². The van der Waals surface area contributed by atoms with E-state index in [9.17, 15) is 18.0 Å². The standard InChI is InChI=1S/C12H15F3N4O2/c1-21-6-8(7-2-3-17-10(16)4-7)19-5-9(12(13,14)15)18-11(19)20/h2-4,8-9H,5-6H2,1H3,(H2,16,17)(H,18,20)/t8-,9-/m0/s1. The molecule has 2 amide bonds. The number of carbonyl (C=O) groups excluding carboxylic acids is 1. The highest BCUT2D eigenvalue weighted by Crippen LogP contribution is 2.30. The Morgan fingerprint density at radius 3 is 2.86 bits per heavy atom. The quantitative estimate of drug-likeness (QED) is 0.879. The second-order valence-corrected chi connectivity index (χ2v) is 4.68. The Balaban J connectivity index is 2.25. The molecule has 9 heteroatoms. The lowest BCUT2D eigenvalue weighted by Crippen LogP contribution is -2.40. The molecule has 0 radical (unpaired) electrons. The number of carbonyl (C=O) groups is 1. The lowest BCUT2D eigenvalue weighted by molar-refractivity contribution is -0.150. The van der Waals surface area contributed by atoms with Gasteiger partial charge in [-0.25, -0.2) is 9.78 Å². The van der Waals surface area contributed by atoms with Crippen molar-refractivity contribution in [2.45, 2.75) is 18.3 Å². The van der Waals surface area contributed by atoms with E-state index in [4.69, 9.17) is 10.5 Å². The molecule has 0 unspecified atom stereocenters. The van der Waals surface area contributed by atoms with Crippen molar-refractivity contribution in [3.05, 3.63) is 23.9 Å². The first-order valence-corrected chi connectivity index (χ1v) is 6.17. The molecule has 1 fully saturated rings. The van der Waals surface area contributed by atoms with Gasteiger partial charge in [0.1, 0.15) is 11.9 Å². The Morgan fingerprint density at radius 1 is 1.62 bits per heavy atom. The van der Waals surface area contributed by atoms with Crippen LogP contribution in [0.3, 0.4) is 0 Å². The average Bonchev–Trinajstić information content (AvgIpc) is 2.78. The third-order valence-corrected chi connectivity index (χ3v) is 3.22. The van der Waals surface area contributed by atoms with E-state index < -0.39 is 30.8 Å². The number of nitrogens with one attached hydrogen (secondary N) is 1. The van der Waals surface area contributed by atoms with Crippen LogP contribution in [-0.2, 0) is 4.74 Å². The van der Waals surface area contributed by atoms with Crippen molar-refractivity contribution in [3.8, 4) is 0 Å². The summed E-state index contributed by atoms with van der Waals surface area (Å²) in [6, 6.07) is -0.225. The molecular weight excluding hydrogens is 289 g/mol. The van der Waals surface area contributed by atoms with E-state index >= 15 is 0 Å². The fourth-order valence-corrected chi connectivity index (χ4v) is 2.21. The van der Waals surface area contributed by atoms with Gasteiger partial charge in [-0.3, -0.25) is 0 Å². The molecule has 2 heterocycles. The van der Waals surface area contributed by atoms with E-state index in [0.29, 0.717) is 5.56 Å². The number of alkyl halides is 3. The molecule has 3 N–H and O–H groups in total. The molecule has 2 rings (SSSR count). The lowest BCUT2D eigenvalue weighted by atomic mass is 10.1. The predicted octanol–water partition coefficient (Wildman–Crippen LogP) is 1.31. The van der Waals surface area contributed by atoms with E-state index in [1.54, 1.807) is 6.07 Å². The lowest BCUT2D eigenvalue weighted by Gasteiger charge is -2.27. The minimum Gasteiger partial charge on any atom is -0.384 e. The largest absolute Gasteiger partial charge is 0.410 e. The number of ether oxygens (including phenoxy) is 1. The highest BCUT2D eigenvalue weighted by molar-refractivity contribution is 5.77. The fourth-order valence-electron chi connectivity index (χ4n) is 2.21. The predicted molar refractivity (Wildman–Crippen MR) is 68.3 cm³/mol. The minimum atomic E-state index is -4.49. The summed E-state index contributed by atoms with van der Waals surface area (Å²) in [5.41, 5.74) is 6.14. The van der Waals surface area contributed by atoms with Crippen LogP contribution in [0.4, 0.5) is 23.8 Å². The Labute approximate surface area is 119 Å². The van der Waals surface area contributed by atoms with Crippen molar-refractivity contribution in [3.63, 3.8) is 0 Å². The summed E-state index contributed by atoms with van der Waals surface area (Å²) in [7, 11) is 1.41. The maximum absolute atomic E-state index is 12.7. The number of pyridine rings is 1. The van der Waals surface area contributed by atoms with Crippen molar-refractivity contribution in [1.29, 1.82) is 0 Å². The second-order valence-electron chi connectivity index (χ2n) is 4.68. The molecule has 21 heavy (non-hydrogen) atoms. The van der Waals surface area contributed by atoms with Gasteiger partial charge < -0.3 is 20.7 Å². The van der Waals surface area contributed by atoms with Gasteiger partial charge in [-0.05, 0) is 17.7 Å². The molecule has 1 aromatic heterocycles. The van der Waals surface area contributed by atoms with Crippen LogP contribution in [0, 0.1) is 0 Å². The summed E-state index contributed by atoms with van der Waals surface area (Å²) < 4.78 is 43.2. The summed E-state index contributed by atoms with van der Waals surface area (Å²) in [5.74, 6) is 0.223. The summed E-state index contributed by atoms with van der Waals surface area (Å²) in [6.07, 6.45) is -3.05. The zero-order valence-corrected chi connectivity index (χ0v) is 11.2. The van der Waals surface area contributed by atoms with Crippen LogP contribution in [0.5, 0.6) is 0 Å². The van der Waals surface area contributed by atoms with Gasteiger partial charge in [-0.15, -0.1) is 0 Å². The second kappa shape index (κ2) is 5.76. The SMILES string of the molecule is COC[C@@H](c1ccnc(N)c1)N1C[C@@H](C(F)(F)F)NC1=O. The highest BCUT2D eigenvalue weighted by atomic mass is 19.4. The molecule has 0 bridgehead atoms. The van der Waals surface area contributed by atoms with Gasteiger partial charge in [0.15, 0.2) is 0 Å². The third kappa shape index (κ3) is 3.35. The van der Waals surface area contributed by atoms with Gasteiger partial charge in [0.05, 0.1) is 19.2 Å². The molecule has 116 valence electrons. The third-order valence-electron chi connectivity index (χ3n) is 3.22. The van der Waals surface area contributed by atoms with E-state index in [1.807, 2.05) is 5.32 Å². The van der Waals surface area contributed by atoms with E-state index in [1.165, 1.54) is 19.4 Å². The Kier molecular flexibility index (Phi) is 4.21. The maximum atomic E-state index is 12.7. The van der Waals surface area contributed by atoms with Gasteiger partial charge in [-0.2, -0.15) is 13.2 Å². The number of urea groups is 1. The number of amides is 2. The van der Waals surface area contributed by atoms with Crippen molar-refractivity contribution < 1.29 is 22.7 Å². The highest BCUT2D eigenvalue weighted by Gasteiger charge is 2.48. The van der Waals surface area contributed by atoms with E-state index in [0.717, 1.165) is 4.90 Å².